The van der Waals surface area contributed by atoms with E-state index in [0.29, 0.717) is 0 Å². The molecule has 0 bridgehead atoms. The van der Waals surface area contributed by atoms with Crippen LogP contribution in [0.3, 0.4) is 0 Å². The zero-order chi connectivity index (χ0) is 18.7. The molecule has 2 heteroatoms. The lowest BCUT2D eigenvalue weighted by molar-refractivity contribution is -0.106. The topological polar surface area (TPSA) is 30.0 Å². The molecule has 3 aromatic rings. The Bertz CT molecular complexity index is 785. The number of nitrogens with zero attached hydrogens (tertiary/aromatic N) is 1. The summed E-state index contributed by atoms with van der Waals surface area (Å²) in [6.45, 7) is 9.85. The van der Waals surface area contributed by atoms with Crippen LogP contribution >= 0.6 is 0 Å². The molecule has 0 aliphatic rings. The highest BCUT2D eigenvalue weighted by Crippen LogP contribution is 2.23. The van der Waals surface area contributed by atoms with Crippen molar-refractivity contribution in [3.8, 4) is 0 Å². The first-order chi connectivity index (χ1) is 12.2. The zero-order valence-electron chi connectivity index (χ0n) is 16.0. The second-order valence-corrected chi connectivity index (χ2v) is 5.51. The second-order valence-electron chi connectivity index (χ2n) is 5.51. The molecular weight excluding hydrogens is 306 g/mol. The van der Waals surface area contributed by atoms with Crippen LogP contribution in [0.1, 0.15) is 51.5 Å². The van der Waals surface area contributed by atoms with Gasteiger partial charge in [0.25, 0.3) is 0 Å². The van der Waals surface area contributed by atoms with Crippen molar-refractivity contribution in [3.05, 3.63) is 77.1 Å². The van der Waals surface area contributed by atoms with Crippen LogP contribution in [0.4, 0.5) is 0 Å². The Morgan fingerprint density at radius 1 is 1.08 bits per heavy atom. The van der Waals surface area contributed by atoms with Crippen LogP contribution in [0.2, 0.25) is 0 Å². The maximum atomic E-state index is 8.81. The Morgan fingerprint density at radius 3 is 2.32 bits per heavy atom. The maximum absolute atomic E-state index is 8.81. The van der Waals surface area contributed by atoms with Gasteiger partial charge in [-0.15, -0.1) is 0 Å². The number of aryl methyl sites for hydroxylation is 2. The summed E-state index contributed by atoms with van der Waals surface area (Å²) < 4.78 is 0. The molecule has 1 aromatic heterocycles. The molecule has 0 aliphatic carbocycles. The van der Waals surface area contributed by atoms with Crippen LogP contribution in [-0.4, -0.2) is 11.3 Å². The van der Waals surface area contributed by atoms with Crippen molar-refractivity contribution in [1.82, 2.24) is 4.98 Å². The van der Waals surface area contributed by atoms with Gasteiger partial charge in [-0.2, -0.15) is 0 Å². The minimum absolute atomic E-state index is 0. The van der Waals surface area contributed by atoms with Crippen LogP contribution in [-0.2, 0) is 17.6 Å². The summed E-state index contributed by atoms with van der Waals surface area (Å²) in [6, 6.07) is 17.3. The fourth-order valence-electron chi connectivity index (χ4n) is 2.75. The summed E-state index contributed by atoms with van der Waals surface area (Å²) in [6.07, 6.45) is 4.65. The molecule has 0 radical (unpaired) electrons. The van der Waals surface area contributed by atoms with Gasteiger partial charge in [-0.25, -0.2) is 0 Å². The summed E-state index contributed by atoms with van der Waals surface area (Å²) in [4.78, 5) is 13.4. The highest BCUT2D eigenvalue weighted by molar-refractivity contribution is 5.86. The van der Waals surface area contributed by atoms with Crippen molar-refractivity contribution in [3.63, 3.8) is 0 Å². The molecule has 1 heterocycles. The van der Waals surface area contributed by atoms with Crippen molar-refractivity contribution >= 4 is 17.1 Å². The lowest BCUT2D eigenvalue weighted by atomic mass is 9.97. The van der Waals surface area contributed by atoms with Crippen molar-refractivity contribution in [2.75, 3.05) is 0 Å². The highest BCUT2D eigenvalue weighted by Gasteiger charge is 2.06. The SMILES string of the molecule is CC.CC=O.CCc1cc2ccnc(Cc3ccccc3)c2cc1C.[HH]. The van der Waals surface area contributed by atoms with Crippen molar-refractivity contribution in [2.24, 2.45) is 0 Å². The Hall–Kier alpha value is -2.48. The minimum Gasteiger partial charge on any atom is -0.304 e. The Morgan fingerprint density at radius 2 is 1.72 bits per heavy atom. The number of pyridine rings is 1. The van der Waals surface area contributed by atoms with Gasteiger partial charge in [0.15, 0.2) is 0 Å². The fraction of sp³-hybridized carbons (Fsp3) is 0.304. The van der Waals surface area contributed by atoms with Crippen LogP contribution < -0.4 is 0 Å². The van der Waals surface area contributed by atoms with E-state index in [-0.39, 0.29) is 1.43 Å². The number of hydrogen-bond donors (Lipinski definition) is 0. The quantitative estimate of drug-likeness (QED) is 0.535. The van der Waals surface area contributed by atoms with E-state index in [1.54, 1.807) is 0 Å². The van der Waals surface area contributed by atoms with Gasteiger partial charge >= 0.3 is 0 Å². The number of aldehydes is 1. The highest BCUT2D eigenvalue weighted by atomic mass is 16.1. The number of benzene rings is 2. The van der Waals surface area contributed by atoms with E-state index in [1.807, 2.05) is 20.0 Å². The molecule has 2 aromatic carbocycles. The predicted octanol–water partition coefficient (Wildman–Crippen LogP) is 6.17. The molecular formula is C23H31NO. The largest absolute Gasteiger partial charge is 0.304 e. The molecule has 134 valence electrons. The lowest BCUT2D eigenvalue weighted by Crippen LogP contribution is -1.95. The summed E-state index contributed by atoms with van der Waals surface area (Å²) in [5.41, 5.74) is 5.26. The number of carbonyl (C=O) groups is 1. The van der Waals surface area contributed by atoms with Crippen molar-refractivity contribution in [2.45, 2.75) is 47.5 Å². The normalized spacial score (nSPS) is 9.48. The van der Waals surface area contributed by atoms with Crippen molar-refractivity contribution < 1.29 is 6.22 Å². The van der Waals surface area contributed by atoms with E-state index < -0.39 is 0 Å². The van der Waals surface area contributed by atoms with Gasteiger partial charge in [0.2, 0.25) is 0 Å². The van der Waals surface area contributed by atoms with Crippen LogP contribution in [0.25, 0.3) is 10.8 Å². The van der Waals surface area contributed by atoms with E-state index >= 15 is 0 Å². The van der Waals surface area contributed by atoms with Crippen LogP contribution in [0.5, 0.6) is 0 Å². The van der Waals surface area contributed by atoms with Crippen LogP contribution in [0.15, 0.2) is 54.7 Å². The van der Waals surface area contributed by atoms with Gasteiger partial charge in [-0.1, -0.05) is 57.2 Å². The first kappa shape index (κ1) is 20.6. The molecule has 0 spiro atoms. The van der Waals surface area contributed by atoms with Crippen LogP contribution in [0, 0.1) is 6.92 Å². The Kier molecular flexibility index (Phi) is 9.16. The monoisotopic (exact) mass is 337 g/mol. The minimum atomic E-state index is 0. The van der Waals surface area contributed by atoms with E-state index in [0.717, 1.165) is 19.1 Å². The summed E-state index contributed by atoms with van der Waals surface area (Å²) in [7, 11) is 0. The van der Waals surface area contributed by atoms with Gasteiger partial charge in [-0.05, 0) is 54.5 Å². The average Bonchev–Trinajstić information content (AvgIpc) is 2.65. The fourth-order valence-corrected chi connectivity index (χ4v) is 2.75. The number of carbonyl (C=O) groups excluding carboxylic acids is 1. The van der Waals surface area contributed by atoms with E-state index in [9.17, 15) is 0 Å². The molecule has 0 atom stereocenters. The Labute approximate surface area is 153 Å². The van der Waals surface area contributed by atoms with E-state index in [2.05, 4.69) is 67.4 Å². The summed E-state index contributed by atoms with van der Waals surface area (Å²) in [5, 5.41) is 2.58. The number of aromatic nitrogens is 1. The second kappa shape index (κ2) is 11.1. The zero-order valence-corrected chi connectivity index (χ0v) is 16.0. The Balaban J connectivity index is 0.000000949. The van der Waals surface area contributed by atoms with Gasteiger partial charge in [-0.3, -0.25) is 4.98 Å². The van der Waals surface area contributed by atoms with Crippen molar-refractivity contribution in [1.29, 1.82) is 0 Å². The third kappa shape index (κ3) is 5.82. The first-order valence-corrected chi connectivity index (χ1v) is 9.00. The van der Waals surface area contributed by atoms with Gasteiger partial charge in [0, 0.05) is 19.4 Å². The predicted molar refractivity (Wildman–Crippen MR) is 110 cm³/mol. The summed E-state index contributed by atoms with van der Waals surface area (Å²) in [5.74, 6) is 0. The smallest absolute Gasteiger partial charge is 0.116 e. The molecule has 0 saturated heterocycles. The molecule has 0 amide bonds. The molecule has 0 aliphatic heterocycles. The number of fused-ring (bicyclic) bond motifs is 1. The molecule has 25 heavy (non-hydrogen) atoms. The standard InChI is InChI=1S/C19H19N.C2H4O.C2H6.H2/c1-3-16-13-17-9-10-20-19(18(17)11-14(16)2)12-15-7-5-4-6-8-15;1-2-3;1-2;/h4-11,13H,3,12H2,1-2H3;2H,1H3;1-2H3;1H. The molecule has 0 fully saturated rings. The van der Waals surface area contributed by atoms with E-state index in [4.69, 9.17) is 4.79 Å². The molecule has 2 nitrogen and oxygen atoms in total. The first-order valence-electron chi connectivity index (χ1n) is 9.00. The molecule has 3 rings (SSSR count). The maximum Gasteiger partial charge on any atom is 0.116 e. The third-order valence-corrected chi connectivity index (χ3v) is 3.90. The van der Waals surface area contributed by atoms with Gasteiger partial charge in [0.05, 0.1) is 5.69 Å². The lowest BCUT2D eigenvalue weighted by Gasteiger charge is -2.10. The van der Waals surface area contributed by atoms with Gasteiger partial charge in [0.1, 0.15) is 6.29 Å². The number of rotatable bonds is 3. The molecule has 0 unspecified atom stereocenters. The molecule has 0 N–H and O–H groups in total. The average molecular weight is 338 g/mol. The molecule has 0 saturated carbocycles. The number of hydrogen-bond acceptors (Lipinski definition) is 2. The van der Waals surface area contributed by atoms with E-state index in [1.165, 1.54) is 40.1 Å². The van der Waals surface area contributed by atoms with Gasteiger partial charge < -0.3 is 4.79 Å². The summed E-state index contributed by atoms with van der Waals surface area (Å²) >= 11 is 0. The third-order valence-electron chi connectivity index (χ3n) is 3.90.